The fourth-order valence-corrected chi connectivity index (χ4v) is 2.25. The van der Waals surface area contributed by atoms with Crippen molar-refractivity contribution in [3.8, 4) is 11.1 Å². The van der Waals surface area contributed by atoms with E-state index >= 15 is 0 Å². The number of carbonyl (C=O) groups is 2. The second-order valence-corrected chi connectivity index (χ2v) is 5.62. The molecule has 2 amide bonds. The molecule has 5 heteroatoms. The molecule has 0 saturated carbocycles. The molecule has 0 aliphatic carbocycles. The number of ether oxygens (including phenoxy) is 1. The molecule has 0 spiro atoms. The normalized spacial score (nSPS) is 10.1. The van der Waals surface area contributed by atoms with Crippen molar-refractivity contribution >= 4 is 12.0 Å². The molecule has 2 rings (SSSR count). The number of unbranched alkanes of at least 4 members (excludes halogenated alkanes) is 1. The van der Waals surface area contributed by atoms with E-state index in [4.69, 9.17) is 4.74 Å². The van der Waals surface area contributed by atoms with Gasteiger partial charge in [-0.3, -0.25) is 4.79 Å². The van der Waals surface area contributed by atoms with Crippen LogP contribution in [-0.4, -0.2) is 31.7 Å². The first-order chi connectivity index (χ1) is 12.2. The van der Waals surface area contributed by atoms with Crippen LogP contribution >= 0.6 is 0 Å². The molecule has 132 valence electrons. The van der Waals surface area contributed by atoms with Gasteiger partial charge in [-0.2, -0.15) is 0 Å². The maximum atomic E-state index is 12.1. The average Bonchev–Trinajstić information content (AvgIpc) is 2.66. The SMILES string of the molecule is CCCCOC(=O)NCCNC(=O)c1ccc(-c2ccccc2)cc1. The topological polar surface area (TPSA) is 67.4 Å². The van der Waals surface area contributed by atoms with E-state index in [1.54, 1.807) is 12.1 Å². The fraction of sp³-hybridized carbons (Fsp3) is 0.300. The number of benzene rings is 2. The first kappa shape index (κ1) is 18.5. The number of alkyl carbamates (subject to hydrolysis) is 1. The van der Waals surface area contributed by atoms with E-state index < -0.39 is 6.09 Å². The van der Waals surface area contributed by atoms with Gasteiger partial charge in [0, 0.05) is 18.7 Å². The number of nitrogens with one attached hydrogen (secondary N) is 2. The van der Waals surface area contributed by atoms with Gasteiger partial charge in [0.05, 0.1) is 6.61 Å². The van der Waals surface area contributed by atoms with Crippen molar-refractivity contribution in [3.05, 3.63) is 60.2 Å². The molecular formula is C20H24N2O3. The van der Waals surface area contributed by atoms with Gasteiger partial charge >= 0.3 is 6.09 Å². The Morgan fingerprint density at radius 2 is 1.52 bits per heavy atom. The molecule has 0 radical (unpaired) electrons. The summed E-state index contributed by atoms with van der Waals surface area (Å²) in [6, 6.07) is 17.4. The Morgan fingerprint density at radius 1 is 0.880 bits per heavy atom. The van der Waals surface area contributed by atoms with Crippen LogP contribution < -0.4 is 10.6 Å². The zero-order chi connectivity index (χ0) is 17.9. The lowest BCUT2D eigenvalue weighted by molar-refractivity contribution is 0.0952. The van der Waals surface area contributed by atoms with Gasteiger partial charge in [-0.1, -0.05) is 55.8 Å². The molecule has 5 nitrogen and oxygen atoms in total. The molecule has 0 fully saturated rings. The Labute approximate surface area is 148 Å². The largest absolute Gasteiger partial charge is 0.450 e. The second kappa shape index (κ2) is 10.1. The summed E-state index contributed by atoms with van der Waals surface area (Å²) in [5, 5.41) is 5.37. The molecule has 0 atom stereocenters. The van der Waals surface area contributed by atoms with Gasteiger partial charge in [-0.15, -0.1) is 0 Å². The maximum Gasteiger partial charge on any atom is 0.407 e. The zero-order valence-corrected chi connectivity index (χ0v) is 14.5. The van der Waals surface area contributed by atoms with Gasteiger partial charge < -0.3 is 15.4 Å². The average molecular weight is 340 g/mol. The van der Waals surface area contributed by atoms with Crippen LogP contribution in [-0.2, 0) is 4.74 Å². The predicted octanol–water partition coefficient (Wildman–Crippen LogP) is 3.61. The van der Waals surface area contributed by atoms with E-state index in [0.717, 1.165) is 24.0 Å². The molecular weight excluding hydrogens is 316 g/mol. The summed E-state index contributed by atoms with van der Waals surface area (Å²) in [5.74, 6) is -0.166. The summed E-state index contributed by atoms with van der Waals surface area (Å²) >= 11 is 0. The third-order valence-electron chi connectivity index (χ3n) is 3.67. The highest BCUT2D eigenvalue weighted by atomic mass is 16.5. The quantitative estimate of drug-likeness (QED) is 0.721. The van der Waals surface area contributed by atoms with Crippen LogP contribution in [0, 0.1) is 0 Å². The number of amides is 2. The van der Waals surface area contributed by atoms with Crippen molar-refractivity contribution < 1.29 is 14.3 Å². The van der Waals surface area contributed by atoms with E-state index in [-0.39, 0.29) is 5.91 Å². The molecule has 2 aromatic carbocycles. The Balaban J connectivity index is 1.73. The lowest BCUT2D eigenvalue weighted by Crippen LogP contribution is -2.35. The number of rotatable bonds is 8. The highest BCUT2D eigenvalue weighted by Gasteiger charge is 2.06. The standard InChI is InChI=1S/C20H24N2O3/c1-2-3-15-25-20(24)22-14-13-21-19(23)18-11-9-17(10-12-18)16-7-5-4-6-8-16/h4-12H,2-3,13-15H2,1H3,(H,21,23)(H,22,24). The summed E-state index contributed by atoms with van der Waals surface area (Å²) in [7, 11) is 0. The van der Waals surface area contributed by atoms with Crippen molar-refractivity contribution in [2.24, 2.45) is 0 Å². The molecule has 0 aromatic heterocycles. The van der Waals surface area contributed by atoms with Crippen LogP contribution in [0.3, 0.4) is 0 Å². The Kier molecular flexibility index (Phi) is 7.50. The molecule has 0 heterocycles. The Morgan fingerprint density at radius 3 is 2.20 bits per heavy atom. The van der Waals surface area contributed by atoms with Crippen LogP contribution in [0.2, 0.25) is 0 Å². The van der Waals surface area contributed by atoms with Gasteiger partial charge in [0.25, 0.3) is 5.91 Å². The van der Waals surface area contributed by atoms with Crippen molar-refractivity contribution in [1.29, 1.82) is 0 Å². The minimum Gasteiger partial charge on any atom is -0.450 e. The molecule has 0 bridgehead atoms. The molecule has 2 N–H and O–H groups in total. The number of hydrogen-bond donors (Lipinski definition) is 2. The van der Waals surface area contributed by atoms with Crippen LogP contribution in [0.5, 0.6) is 0 Å². The smallest absolute Gasteiger partial charge is 0.407 e. The molecule has 2 aromatic rings. The first-order valence-electron chi connectivity index (χ1n) is 8.55. The monoisotopic (exact) mass is 340 g/mol. The molecule has 0 unspecified atom stereocenters. The van der Waals surface area contributed by atoms with E-state index in [1.807, 2.05) is 49.4 Å². The van der Waals surface area contributed by atoms with Crippen LogP contribution in [0.1, 0.15) is 30.1 Å². The predicted molar refractivity (Wildman–Crippen MR) is 98.5 cm³/mol. The van der Waals surface area contributed by atoms with E-state index in [1.165, 1.54) is 0 Å². The summed E-state index contributed by atoms with van der Waals surface area (Å²) in [6.45, 7) is 3.13. The minimum atomic E-state index is -0.449. The highest BCUT2D eigenvalue weighted by molar-refractivity contribution is 5.94. The van der Waals surface area contributed by atoms with E-state index in [0.29, 0.717) is 25.3 Å². The maximum absolute atomic E-state index is 12.1. The summed E-state index contributed by atoms with van der Waals surface area (Å²) in [5.41, 5.74) is 2.76. The fourth-order valence-electron chi connectivity index (χ4n) is 2.25. The van der Waals surface area contributed by atoms with Crippen molar-refractivity contribution in [2.45, 2.75) is 19.8 Å². The lowest BCUT2D eigenvalue weighted by atomic mass is 10.0. The van der Waals surface area contributed by atoms with Gasteiger partial charge in [0.15, 0.2) is 0 Å². The lowest BCUT2D eigenvalue weighted by Gasteiger charge is -2.08. The van der Waals surface area contributed by atoms with Gasteiger partial charge in [0.1, 0.15) is 0 Å². The van der Waals surface area contributed by atoms with E-state index in [9.17, 15) is 9.59 Å². The Hall–Kier alpha value is -2.82. The third kappa shape index (κ3) is 6.30. The summed E-state index contributed by atoms with van der Waals surface area (Å²) < 4.78 is 4.97. The highest BCUT2D eigenvalue weighted by Crippen LogP contribution is 2.19. The molecule has 0 aliphatic heterocycles. The van der Waals surface area contributed by atoms with Gasteiger partial charge in [-0.05, 0) is 29.7 Å². The summed E-state index contributed by atoms with van der Waals surface area (Å²) in [6.07, 6.45) is 1.38. The Bertz CT molecular complexity index is 669. The third-order valence-corrected chi connectivity index (χ3v) is 3.67. The first-order valence-corrected chi connectivity index (χ1v) is 8.55. The van der Waals surface area contributed by atoms with Crippen LogP contribution in [0.4, 0.5) is 4.79 Å². The van der Waals surface area contributed by atoms with E-state index in [2.05, 4.69) is 10.6 Å². The molecule has 25 heavy (non-hydrogen) atoms. The van der Waals surface area contributed by atoms with Crippen molar-refractivity contribution in [1.82, 2.24) is 10.6 Å². The van der Waals surface area contributed by atoms with Crippen molar-refractivity contribution in [2.75, 3.05) is 19.7 Å². The van der Waals surface area contributed by atoms with Gasteiger partial charge in [0.2, 0.25) is 0 Å². The zero-order valence-electron chi connectivity index (χ0n) is 14.5. The number of hydrogen-bond acceptors (Lipinski definition) is 3. The van der Waals surface area contributed by atoms with Crippen LogP contribution in [0.15, 0.2) is 54.6 Å². The van der Waals surface area contributed by atoms with Crippen molar-refractivity contribution in [3.63, 3.8) is 0 Å². The minimum absolute atomic E-state index is 0.166. The van der Waals surface area contributed by atoms with Crippen LogP contribution in [0.25, 0.3) is 11.1 Å². The molecule has 0 saturated heterocycles. The summed E-state index contributed by atoms with van der Waals surface area (Å²) in [4.78, 5) is 23.5. The van der Waals surface area contributed by atoms with Gasteiger partial charge in [-0.25, -0.2) is 4.79 Å². The molecule has 0 aliphatic rings. The second-order valence-electron chi connectivity index (χ2n) is 5.62. The number of carbonyl (C=O) groups excluding carboxylic acids is 2.